The van der Waals surface area contributed by atoms with Gasteiger partial charge in [-0.1, -0.05) is 41.4 Å². The Morgan fingerprint density at radius 3 is 2.53 bits per heavy atom. The molecule has 1 fully saturated rings. The van der Waals surface area contributed by atoms with E-state index in [1.54, 1.807) is 30.3 Å². The van der Waals surface area contributed by atoms with Crippen LogP contribution in [0.15, 0.2) is 65.6 Å². The Balaban J connectivity index is 1.41. The number of carbonyl (C=O) groups excluding carboxylic acids is 2. The molecule has 3 aromatic carbocycles. The number of thioether (sulfide) groups is 1. The molecule has 36 heavy (non-hydrogen) atoms. The highest BCUT2D eigenvalue weighted by Crippen LogP contribution is 2.35. The number of hydrogen-bond donors (Lipinski definition) is 0. The third-order valence-electron chi connectivity index (χ3n) is 5.40. The number of hydrogen-bond acceptors (Lipinski definition) is 6. The molecule has 0 N–H and O–H groups in total. The van der Waals surface area contributed by atoms with Crippen LogP contribution >= 0.6 is 23.4 Å². The highest BCUT2D eigenvalue weighted by atomic mass is 35.5. The monoisotopic (exact) mass is 527 g/mol. The Kier molecular flexibility index (Phi) is 8.18. The Hall–Kier alpha value is -3.49. The predicted molar refractivity (Wildman–Crippen MR) is 138 cm³/mol. The topological polar surface area (TPSA) is 65.1 Å². The molecule has 0 unspecified atom stereocenters. The van der Waals surface area contributed by atoms with Crippen molar-refractivity contribution in [1.29, 1.82) is 0 Å². The van der Waals surface area contributed by atoms with Crippen molar-refractivity contribution in [3.8, 4) is 17.2 Å². The Morgan fingerprint density at radius 1 is 1.03 bits per heavy atom. The standard InChI is InChI=1S/C27H23ClFNO5S/c1-17-6-9-19(10-7-17)34-13-12-30-26(31)25(36-27(30)32)15-18-8-11-23(24(14-18)33-2)35-16-20-21(28)4-3-5-22(20)29/h3-11,14-15H,12-13,16H2,1-2H3/b25-15-. The van der Waals surface area contributed by atoms with Crippen LogP contribution in [-0.4, -0.2) is 36.3 Å². The highest BCUT2D eigenvalue weighted by Gasteiger charge is 2.34. The molecule has 1 heterocycles. The minimum Gasteiger partial charge on any atom is -0.493 e. The summed E-state index contributed by atoms with van der Waals surface area (Å²) in [5.41, 5.74) is 2.00. The van der Waals surface area contributed by atoms with Gasteiger partial charge in [0, 0.05) is 5.56 Å². The molecule has 1 saturated heterocycles. The van der Waals surface area contributed by atoms with Crippen molar-refractivity contribution in [3.63, 3.8) is 0 Å². The lowest BCUT2D eigenvalue weighted by atomic mass is 10.1. The van der Waals surface area contributed by atoms with Gasteiger partial charge in [0.1, 0.15) is 24.8 Å². The molecule has 9 heteroatoms. The van der Waals surface area contributed by atoms with Crippen LogP contribution in [0.25, 0.3) is 6.08 Å². The smallest absolute Gasteiger partial charge is 0.293 e. The van der Waals surface area contributed by atoms with E-state index in [-0.39, 0.29) is 41.5 Å². The van der Waals surface area contributed by atoms with Crippen LogP contribution < -0.4 is 14.2 Å². The van der Waals surface area contributed by atoms with Crippen LogP contribution in [-0.2, 0) is 11.4 Å². The van der Waals surface area contributed by atoms with E-state index in [4.69, 9.17) is 25.8 Å². The molecule has 6 nitrogen and oxygen atoms in total. The Bertz CT molecular complexity index is 1290. The van der Waals surface area contributed by atoms with Gasteiger partial charge in [-0.15, -0.1) is 0 Å². The van der Waals surface area contributed by atoms with Crippen LogP contribution in [0.1, 0.15) is 16.7 Å². The van der Waals surface area contributed by atoms with Gasteiger partial charge in [-0.05, 0) is 66.7 Å². The molecular weight excluding hydrogens is 505 g/mol. The lowest BCUT2D eigenvalue weighted by Crippen LogP contribution is -2.32. The number of ether oxygens (including phenoxy) is 3. The van der Waals surface area contributed by atoms with E-state index in [0.717, 1.165) is 22.2 Å². The minimum absolute atomic E-state index is 0.0786. The zero-order valence-corrected chi connectivity index (χ0v) is 21.2. The van der Waals surface area contributed by atoms with Gasteiger partial charge in [-0.25, -0.2) is 4.39 Å². The summed E-state index contributed by atoms with van der Waals surface area (Å²) < 4.78 is 30.8. The van der Waals surface area contributed by atoms with Crippen molar-refractivity contribution in [2.75, 3.05) is 20.3 Å². The fraction of sp³-hybridized carbons (Fsp3) is 0.185. The second kappa shape index (κ2) is 11.5. The fourth-order valence-electron chi connectivity index (χ4n) is 3.45. The van der Waals surface area contributed by atoms with Crippen molar-refractivity contribution in [3.05, 3.63) is 93.1 Å². The number of methoxy groups -OCH3 is 1. The van der Waals surface area contributed by atoms with E-state index in [9.17, 15) is 14.0 Å². The maximum Gasteiger partial charge on any atom is 0.293 e. The molecule has 3 aromatic rings. The molecule has 186 valence electrons. The average Bonchev–Trinajstić information content (AvgIpc) is 3.12. The summed E-state index contributed by atoms with van der Waals surface area (Å²) in [6.45, 7) is 2.24. The van der Waals surface area contributed by atoms with Gasteiger partial charge in [0.15, 0.2) is 11.5 Å². The van der Waals surface area contributed by atoms with E-state index >= 15 is 0 Å². The number of halogens is 2. The van der Waals surface area contributed by atoms with Gasteiger partial charge >= 0.3 is 0 Å². The molecule has 0 aliphatic carbocycles. The van der Waals surface area contributed by atoms with E-state index in [1.807, 2.05) is 31.2 Å². The fourth-order valence-corrected chi connectivity index (χ4v) is 4.53. The van der Waals surface area contributed by atoms with E-state index in [0.29, 0.717) is 27.7 Å². The molecule has 2 amide bonds. The molecule has 0 aromatic heterocycles. The van der Waals surface area contributed by atoms with Crippen molar-refractivity contribution in [2.24, 2.45) is 0 Å². The maximum atomic E-state index is 14.0. The third kappa shape index (κ3) is 6.01. The van der Waals surface area contributed by atoms with Gasteiger partial charge < -0.3 is 14.2 Å². The zero-order valence-electron chi connectivity index (χ0n) is 19.6. The second-order valence-electron chi connectivity index (χ2n) is 7.89. The molecule has 0 bridgehead atoms. The Labute approximate surface area is 217 Å². The molecular formula is C27H23ClFNO5S. The summed E-state index contributed by atoms with van der Waals surface area (Å²) in [6.07, 6.45) is 1.62. The lowest BCUT2D eigenvalue weighted by Gasteiger charge is -2.13. The second-order valence-corrected chi connectivity index (χ2v) is 9.29. The summed E-state index contributed by atoms with van der Waals surface area (Å²) in [5.74, 6) is 0.608. The lowest BCUT2D eigenvalue weighted by molar-refractivity contribution is -0.123. The normalized spacial score (nSPS) is 14.4. The SMILES string of the molecule is COc1cc(/C=C2\SC(=O)N(CCOc3ccc(C)cc3)C2=O)ccc1OCc1c(F)cccc1Cl. The first kappa shape index (κ1) is 25.6. The highest BCUT2D eigenvalue weighted by molar-refractivity contribution is 8.18. The van der Waals surface area contributed by atoms with Crippen molar-refractivity contribution >= 4 is 40.6 Å². The largest absolute Gasteiger partial charge is 0.493 e. The molecule has 1 aliphatic rings. The summed E-state index contributed by atoms with van der Waals surface area (Å²) in [6, 6.07) is 17.0. The molecule has 0 atom stereocenters. The van der Waals surface area contributed by atoms with E-state index < -0.39 is 5.82 Å². The van der Waals surface area contributed by atoms with Crippen molar-refractivity contribution in [2.45, 2.75) is 13.5 Å². The van der Waals surface area contributed by atoms with Crippen LogP contribution in [0.3, 0.4) is 0 Å². The zero-order chi connectivity index (χ0) is 25.7. The number of benzene rings is 3. The number of amides is 2. The van der Waals surface area contributed by atoms with Gasteiger partial charge in [0.2, 0.25) is 0 Å². The number of aryl methyl sites for hydroxylation is 1. The number of nitrogens with zero attached hydrogens (tertiary/aromatic N) is 1. The predicted octanol–water partition coefficient (Wildman–Crippen LogP) is 6.49. The summed E-state index contributed by atoms with van der Waals surface area (Å²) in [7, 11) is 1.48. The molecule has 0 saturated carbocycles. The van der Waals surface area contributed by atoms with Crippen molar-refractivity contribution in [1.82, 2.24) is 4.90 Å². The summed E-state index contributed by atoms with van der Waals surface area (Å²) >= 11 is 6.93. The summed E-state index contributed by atoms with van der Waals surface area (Å²) in [5, 5.41) is -0.0852. The first-order valence-electron chi connectivity index (χ1n) is 11.0. The van der Waals surface area contributed by atoms with Gasteiger partial charge in [-0.3, -0.25) is 14.5 Å². The molecule has 1 aliphatic heterocycles. The first-order chi connectivity index (χ1) is 17.4. The number of imide groups is 1. The molecule has 0 radical (unpaired) electrons. The number of carbonyl (C=O) groups is 2. The van der Waals surface area contributed by atoms with E-state index in [1.165, 1.54) is 19.2 Å². The summed E-state index contributed by atoms with van der Waals surface area (Å²) in [4.78, 5) is 26.7. The quantitative estimate of drug-likeness (QED) is 0.296. The Morgan fingerprint density at radius 2 is 1.81 bits per heavy atom. The maximum absolute atomic E-state index is 14.0. The van der Waals surface area contributed by atoms with Crippen LogP contribution in [0.4, 0.5) is 9.18 Å². The van der Waals surface area contributed by atoms with E-state index in [2.05, 4.69) is 0 Å². The van der Waals surface area contributed by atoms with Crippen LogP contribution in [0.5, 0.6) is 17.2 Å². The first-order valence-corrected chi connectivity index (χ1v) is 12.2. The minimum atomic E-state index is -0.460. The third-order valence-corrected chi connectivity index (χ3v) is 6.66. The average molecular weight is 528 g/mol. The number of rotatable bonds is 9. The molecule has 0 spiro atoms. The van der Waals surface area contributed by atoms with Gasteiger partial charge in [0.05, 0.1) is 23.6 Å². The van der Waals surface area contributed by atoms with Gasteiger partial charge in [0.25, 0.3) is 11.1 Å². The van der Waals surface area contributed by atoms with Gasteiger partial charge in [-0.2, -0.15) is 0 Å². The molecule has 4 rings (SSSR count). The van der Waals surface area contributed by atoms with Crippen LogP contribution in [0.2, 0.25) is 5.02 Å². The van der Waals surface area contributed by atoms with Crippen LogP contribution in [0, 0.1) is 12.7 Å². The van der Waals surface area contributed by atoms with Crippen molar-refractivity contribution < 1.29 is 28.2 Å².